The number of H-pyrrole nitrogens is 1. The minimum atomic E-state index is -0.320. The summed E-state index contributed by atoms with van der Waals surface area (Å²) in [6, 6.07) is 8.04. The molecule has 0 radical (unpaired) electrons. The van der Waals surface area contributed by atoms with Crippen molar-refractivity contribution in [3.8, 4) is 0 Å². The molecule has 1 aliphatic heterocycles. The number of methoxy groups -OCH3 is 1. The first kappa shape index (κ1) is 19.2. The maximum atomic E-state index is 12.3. The van der Waals surface area contributed by atoms with Gasteiger partial charge in [-0.25, -0.2) is 14.8 Å². The van der Waals surface area contributed by atoms with Crippen LogP contribution in [-0.2, 0) is 24.2 Å². The van der Waals surface area contributed by atoms with Gasteiger partial charge in [0.1, 0.15) is 11.5 Å². The molecule has 1 aliphatic carbocycles. The number of fused-ring (bicyclic) bond motifs is 2. The highest BCUT2D eigenvalue weighted by molar-refractivity contribution is 5.98. The van der Waals surface area contributed by atoms with Crippen LogP contribution in [0.2, 0.25) is 0 Å². The molecule has 0 amide bonds. The molecular weight excluding hydrogens is 376 g/mol. The van der Waals surface area contributed by atoms with Crippen LogP contribution in [0.1, 0.15) is 71.2 Å². The molecule has 2 aliphatic rings. The van der Waals surface area contributed by atoms with E-state index in [-0.39, 0.29) is 5.97 Å². The first-order chi connectivity index (χ1) is 14.7. The number of nitrogens with one attached hydrogen (secondary N) is 1. The van der Waals surface area contributed by atoms with Gasteiger partial charge in [0.25, 0.3) is 0 Å². The van der Waals surface area contributed by atoms with E-state index in [1.807, 2.05) is 24.4 Å². The number of hydrogen-bond acceptors (Lipinski definition) is 5. The topological polar surface area (TPSA) is 71.1 Å². The van der Waals surface area contributed by atoms with Crippen LogP contribution >= 0.6 is 0 Å². The lowest BCUT2D eigenvalue weighted by atomic mass is 9.88. The number of aromatic nitrogens is 3. The second-order valence-corrected chi connectivity index (χ2v) is 8.51. The maximum Gasteiger partial charge on any atom is 0.354 e. The third-order valence-corrected chi connectivity index (χ3v) is 6.59. The molecule has 1 fully saturated rings. The van der Waals surface area contributed by atoms with Crippen LogP contribution in [0.3, 0.4) is 0 Å². The third kappa shape index (κ3) is 3.60. The van der Waals surface area contributed by atoms with Crippen molar-refractivity contribution >= 4 is 16.9 Å². The first-order valence-electron chi connectivity index (χ1n) is 11.0. The molecule has 1 N–H and O–H groups in total. The van der Waals surface area contributed by atoms with E-state index in [1.165, 1.54) is 50.5 Å². The number of carbonyl (C=O) groups is 1. The Balaban J connectivity index is 1.38. The number of esters is 1. The number of benzene rings is 1. The minimum Gasteiger partial charge on any atom is -0.464 e. The Morgan fingerprint density at radius 2 is 2.07 bits per heavy atom. The van der Waals surface area contributed by atoms with Gasteiger partial charge in [-0.3, -0.25) is 4.90 Å². The standard InChI is InChI=1S/C24H28N4O2/c1-30-24(29)22-19(18-9-5-6-10-21(18)26-22)15-28-12-11-20-17(14-28)13-25-23(27-20)16-7-3-2-4-8-16/h5-6,9-10,13,16,26H,2-4,7-8,11-12,14-15H2,1H3. The summed E-state index contributed by atoms with van der Waals surface area (Å²) in [5.41, 5.74) is 4.93. The van der Waals surface area contributed by atoms with E-state index in [0.717, 1.165) is 41.8 Å². The fraction of sp³-hybridized carbons (Fsp3) is 0.458. The molecule has 6 heteroatoms. The molecule has 0 unspecified atom stereocenters. The lowest BCUT2D eigenvalue weighted by molar-refractivity contribution is 0.0592. The number of para-hydroxylation sites is 1. The number of rotatable bonds is 4. The summed E-state index contributed by atoms with van der Waals surface area (Å²) in [6.45, 7) is 2.42. The zero-order chi connectivity index (χ0) is 20.5. The van der Waals surface area contributed by atoms with Gasteiger partial charge in [0, 0.05) is 65.9 Å². The summed E-state index contributed by atoms with van der Waals surface area (Å²) in [5.74, 6) is 1.27. The Kier molecular flexibility index (Phi) is 5.25. The van der Waals surface area contributed by atoms with Gasteiger partial charge in [-0.05, 0) is 18.9 Å². The molecular formula is C24H28N4O2. The molecule has 6 nitrogen and oxygen atoms in total. The maximum absolute atomic E-state index is 12.3. The molecule has 0 saturated heterocycles. The van der Waals surface area contributed by atoms with Crippen molar-refractivity contribution < 1.29 is 9.53 Å². The zero-order valence-electron chi connectivity index (χ0n) is 17.5. The van der Waals surface area contributed by atoms with Gasteiger partial charge in [0.2, 0.25) is 0 Å². The number of carbonyl (C=O) groups excluding carboxylic acids is 1. The molecule has 3 heterocycles. The lowest BCUT2D eigenvalue weighted by Crippen LogP contribution is -2.31. The van der Waals surface area contributed by atoms with Crippen LogP contribution in [0.25, 0.3) is 10.9 Å². The smallest absolute Gasteiger partial charge is 0.354 e. The van der Waals surface area contributed by atoms with E-state index in [9.17, 15) is 4.79 Å². The normalized spacial score (nSPS) is 17.8. The summed E-state index contributed by atoms with van der Waals surface area (Å²) < 4.78 is 5.01. The highest BCUT2D eigenvalue weighted by atomic mass is 16.5. The van der Waals surface area contributed by atoms with Gasteiger partial charge in [-0.1, -0.05) is 37.5 Å². The Morgan fingerprint density at radius 3 is 2.90 bits per heavy atom. The van der Waals surface area contributed by atoms with Crippen LogP contribution in [0.5, 0.6) is 0 Å². The Bertz CT molecular complexity index is 1070. The quantitative estimate of drug-likeness (QED) is 0.655. The van der Waals surface area contributed by atoms with Crippen LogP contribution in [0, 0.1) is 0 Å². The fourth-order valence-electron chi connectivity index (χ4n) is 4.95. The summed E-state index contributed by atoms with van der Waals surface area (Å²) in [4.78, 5) is 27.6. The van der Waals surface area contributed by atoms with Crippen LogP contribution in [-0.4, -0.2) is 39.5 Å². The fourth-order valence-corrected chi connectivity index (χ4v) is 4.95. The van der Waals surface area contributed by atoms with E-state index >= 15 is 0 Å². The van der Waals surface area contributed by atoms with Crippen molar-refractivity contribution in [2.24, 2.45) is 0 Å². The largest absolute Gasteiger partial charge is 0.464 e. The second-order valence-electron chi connectivity index (χ2n) is 8.51. The average molecular weight is 405 g/mol. The zero-order valence-corrected chi connectivity index (χ0v) is 17.5. The van der Waals surface area contributed by atoms with Crippen molar-refractivity contribution in [3.63, 3.8) is 0 Å². The molecule has 156 valence electrons. The number of ether oxygens (including phenoxy) is 1. The van der Waals surface area contributed by atoms with Gasteiger partial charge in [-0.2, -0.15) is 0 Å². The minimum absolute atomic E-state index is 0.320. The van der Waals surface area contributed by atoms with E-state index in [4.69, 9.17) is 14.7 Å². The van der Waals surface area contributed by atoms with Gasteiger partial charge in [0.15, 0.2) is 0 Å². The van der Waals surface area contributed by atoms with E-state index in [2.05, 4.69) is 16.0 Å². The van der Waals surface area contributed by atoms with Gasteiger partial charge in [-0.15, -0.1) is 0 Å². The predicted molar refractivity (Wildman–Crippen MR) is 115 cm³/mol. The summed E-state index contributed by atoms with van der Waals surface area (Å²) >= 11 is 0. The van der Waals surface area contributed by atoms with Gasteiger partial charge in [0.05, 0.1) is 7.11 Å². The highest BCUT2D eigenvalue weighted by Gasteiger charge is 2.25. The molecule has 1 aromatic carbocycles. The molecule has 1 saturated carbocycles. The Labute approximate surface area is 176 Å². The van der Waals surface area contributed by atoms with Crippen LogP contribution < -0.4 is 0 Å². The van der Waals surface area contributed by atoms with E-state index < -0.39 is 0 Å². The third-order valence-electron chi connectivity index (χ3n) is 6.59. The summed E-state index contributed by atoms with van der Waals surface area (Å²) in [5, 5.41) is 1.08. The molecule has 0 bridgehead atoms. The summed E-state index contributed by atoms with van der Waals surface area (Å²) in [7, 11) is 1.43. The number of aromatic amines is 1. The van der Waals surface area contributed by atoms with E-state index in [1.54, 1.807) is 0 Å². The van der Waals surface area contributed by atoms with Gasteiger partial charge >= 0.3 is 5.97 Å². The van der Waals surface area contributed by atoms with E-state index in [0.29, 0.717) is 18.2 Å². The van der Waals surface area contributed by atoms with Crippen LogP contribution in [0.4, 0.5) is 0 Å². The summed E-state index contributed by atoms with van der Waals surface area (Å²) in [6.07, 6.45) is 9.35. The number of hydrogen-bond donors (Lipinski definition) is 1. The SMILES string of the molecule is COC(=O)c1[nH]c2ccccc2c1CN1CCc2nc(C3CCCCC3)ncc2C1. The molecule has 0 atom stereocenters. The molecule has 30 heavy (non-hydrogen) atoms. The molecule has 3 aromatic rings. The number of nitrogens with zero attached hydrogens (tertiary/aromatic N) is 3. The van der Waals surface area contributed by atoms with Crippen molar-refractivity contribution in [2.45, 2.75) is 57.5 Å². The second kappa shape index (κ2) is 8.19. The van der Waals surface area contributed by atoms with Gasteiger partial charge < -0.3 is 9.72 Å². The van der Waals surface area contributed by atoms with Crippen molar-refractivity contribution in [1.29, 1.82) is 0 Å². The molecule has 0 spiro atoms. The average Bonchev–Trinajstić information content (AvgIpc) is 3.17. The monoisotopic (exact) mass is 404 g/mol. The molecule has 2 aromatic heterocycles. The Hall–Kier alpha value is -2.73. The first-order valence-corrected chi connectivity index (χ1v) is 11.0. The Morgan fingerprint density at radius 1 is 1.23 bits per heavy atom. The highest BCUT2D eigenvalue weighted by Crippen LogP contribution is 2.32. The predicted octanol–water partition coefficient (Wildman–Crippen LogP) is 4.35. The van der Waals surface area contributed by atoms with Crippen molar-refractivity contribution in [1.82, 2.24) is 19.9 Å². The lowest BCUT2D eigenvalue weighted by Gasteiger charge is -2.29. The molecule has 5 rings (SSSR count). The van der Waals surface area contributed by atoms with Crippen molar-refractivity contribution in [2.75, 3.05) is 13.7 Å². The van der Waals surface area contributed by atoms with Crippen molar-refractivity contribution in [3.05, 3.63) is 58.8 Å². The van der Waals surface area contributed by atoms with Crippen LogP contribution in [0.15, 0.2) is 30.5 Å².